The summed E-state index contributed by atoms with van der Waals surface area (Å²) in [6, 6.07) is 8.33. The molecule has 1 N–H and O–H groups in total. The molecule has 94 valence electrons. The third-order valence-corrected chi connectivity index (χ3v) is 2.94. The Morgan fingerprint density at radius 2 is 1.94 bits per heavy atom. The molecule has 0 unspecified atom stereocenters. The van der Waals surface area contributed by atoms with Gasteiger partial charge in [0.15, 0.2) is 0 Å². The molecule has 0 aliphatic rings. The maximum Gasteiger partial charge on any atom is 0.317 e. The fourth-order valence-electron chi connectivity index (χ4n) is 1.41. The molecule has 0 fully saturated rings. The van der Waals surface area contributed by atoms with Crippen LogP contribution in [0.5, 0.6) is 0 Å². The number of carbonyl (C=O) groups is 1. The van der Waals surface area contributed by atoms with Crippen LogP contribution in [-0.4, -0.2) is 30.6 Å². The number of nitrogens with one attached hydrogen (secondary N) is 1. The van der Waals surface area contributed by atoms with Crippen molar-refractivity contribution < 1.29 is 4.79 Å². The van der Waals surface area contributed by atoms with Gasteiger partial charge in [-0.25, -0.2) is 4.79 Å². The van der Waals surface area contributed by atoms with E-state index in [2.05, 4.69) is 33.4 Å². The van der Waals surface area contributed by atoms with E-state index in [1.54, 1.807) is 4.90 Å². The zero-order valence-electron chi connectivity index (χ0n) is 10.5. The van der Waals surface area contributed by atoms with Crippen LogP contribution in [0.1, 0.15) is 19.4 Å². The second kappa shape index (κ2) is 6.64. The van der Waals surface area contributed by atoms with Gasteiger partial charge in [0.2, 0.25) is 0 Å². The lowest BCUT2D eigenvalue weighted by molar-refractivity contribution is 0.207. The Labute approximate surface area is 111 Å². The maximum absolute atomic E-state index is 11.6. The standard InChI is InChI=1S/C13H19BrN2O/c1-10(2)15-13(17)16(3)9-8-11-4-6-12(14)7-5-11/h4-7,10H,8-9H2,1-3H3,(H,15,17). The van der Waals surface area contributed by atoms with E-state index in [4.69, 9.17) is 0 Å². The molecule has 0 saturated heterocycles. The number of urea groups is 1. The smallest absolute Gasteiger partial charge is 0.317 e. The first-order valence-corrected chi connectivity index (χ1v) is 6.54. The Hall–Kier alpha value is -1.03. The molecule has 1 aromatic rings. The fraction of sp³-hybridized carbons (Fsp3) is 0.462. The van der Waals surface area contributed by atoms with Gasteiger partial charge in [0.25, 0.3) is 0 Å². The molecule has 2 amide bonds. The van der Waals surface area contributed by atoms with E-state index in [1.165, 1.54) is 5.56 Å². The minimum Gasteiger partial charge on any atom is -0.336 e. The molecular weight excluding hydrogens is 280 g/mol. The van der Waals surface area contributed by atoms with Crippen LogP contribution in [0.25, 0.3) is 0 Å². The summed E-state index contributed by atoms with van der Waals surface area (Å²) >= 11 is 3.40. The Bertz CT molecular complexity index is 362. The van der Waals surface area contributed by atoms with Gasteiger partial charge in [-0.05, 0) is 38.0 Å². The van der Waals surface area contributed by atoms with Gasteiger partial charge in [-0.3, -0.25) is 0 Å². The van der Waals surface area contributed by atoms with Crippen LogP contribution in [0, 0.1) is 0 Å². The van der Waals surface area contributed by atoms with Gasteiger partial charge in [0.05, 0.1) is 0 Å². The molecule has 1 rings (SSSR count). The summed E-state index contributed by atoms with van der Waals surface area (Å²) in [5.41, 5.74) is 1.23. The highest BCUT2D eigenvalue weighted by molar-refractivity contribution is 9.10. The van der Waals surface area contributed by atoms with Crippen molar-refractivity contribution in [2.24, 2.45) is 0 Å². The Balaban J connectivity index is 2.40. The van der Waals surface area contributed by atoms with Crippen molar-refractivity contribution in [3.05, 3.63) is 34.3 Å². The van der Waals surface area contributed by atoms with Crippen LogP contribution in [0.15, 0.2) is 28.7 Å². The number of hydrogen-bond acceptors (Lipinski definition) is 1. The van der Waals surface area contributed by atoms with E-state index in [0.29, 0.717) is 0 Å². The quantitative estimate of drug-likeness (QED) is 0.910. The molecule has 0 atom stereocenters. The number of benzene rings is 1. The molecule has 0 spiro atoms. The summed E-state index contributed by atoms with van der Waals surface area (Å²) in [5, 5.41) is 2.87. The van der Waals surface area contributed by atoms with Crippen molar-refractivity contribution in [1.29, 1.82) is 0 Å². The number of hydrogen-bond donors (Lipinski definition) is 1. The lowest BCUT2D eigenvalue weighted by atomic mass is 10.1. The van der Waals surface area contributed by atoms with E-state index in [1.807, 2.05) is 33.0 Å². The number of nitrogens with zero attached hydrogens (tertiary/aromatic N) is 1. The number of amides is 2. The predicted molar refractivity (Wildman–Crippen MR) is 74.1 cm³/mol. The van der Waals surface area contributed by atoms with Crippen molar-refractivity contribution in [3.8, 4) is 0 Å². The monoisotopic (exact) mass is 298 g/mol. The summed E-state index contributed by atoms with van der Waals surface area (Å²) < 4.78 is 1.08. The van der Waals surface area contributed by atoms with Crippen LogP contribution in [0.2, 0.25) is 0 Å². The highest BCUT2D eigenvalue weighted by Crippen LogP contribution is 2.11. The van der Waals surface area contributed by atoms with Crippen LogP contribution < -0.4 is 5.32 Å². The molecular formula is C13H19BrN2O. The topological polar surface area (TPSA) is 32.3 Å². The van der Waals surface area contributed by atoms with Gasteiger partial charge in [-0.1, -0.05) is 28.1 Å². The van der Waals surface area contributed by atoms with Gasteiger partial charge < -0.3 is 10.2 Å². The third-order valence-electron chi connectivity index (χ3n) is 2.41. The molecule has 0 aromatic heterocycles. The maximum atomic E-state index is 11.6. The predicted octanol–water partition coefficient (Wildman–Crippen LogP) is 3.04. The summed E-state index contributed by atoms with van der Waals surface area (Å²) in [5.74, 6) is 0. The Morgan fingerprint density at radius 3 is 2.47 bits per heavy atom. The average Bonchev–Trinajstić information content (AvgIpc) is 2.27. The first-order valence-electron chi connectivity index (χ1n) is 5.75. The number of likely N-dealkylation sites (N-methyl/N-ethyl adjacent to an activating group) is 1. The van der Waals surface area contributed by atoms with E-state index in [0.717, 1.165) is 17.4 Å². The Kier molecular flexibility index (Phi) is 5.48. The van der Waals surface area contributed by atoms with Gasteiger partial charge in [0.1, 0.15) is 0 Å². The minimum atomic E-state index is -0.0166. The van der Waals surface area contributed by atoms with Crippen LogP contribution in [-0.2, 0) is 6.42 Å². The van der Waals surface area contributed by atoms with Crippen LogP contribution >= 0.6 is 15.9 Å². The summed E-state index contributed by atoms with van der Waals surface area (Å²) in [4.78, 5) is 13.3. The van der Waals surface area contributed by atoms with E-state index in [9.17, 15) is 4.79 Å². The average molecular weight is 299 g/mol. The van der Waals surface area contributed by atoms with Crippen molar-refractivity contribution >= 4 is 22.0 Å². The van der Waals surface area contributed by atoms with Crippen molar-refractivity contribution in [1.82, 2.24) is 10.2 Å². The van der Waals surface area contributed by atoms with Gasteiger partial charge in [-0.15, -0.1) is 0 Å². The molecule has 17 heavy (non-hydrogen) atoms. The molecule has 4 heteroatoms. The molecule has 0 bridgehead atoms. The minimum absolute atomic E-state index is 0.0166. The SMILES string of the molecule is CC(C)NC(=O)N(C)CCc1ccc(Br)cc1. The summed E-state index contributed by atoms with van der Waals surface area (Å²) in [7, 11) is 1.82. The molecule has 0 aliphatic heterocycles. The second-order valence-corrected chi connectivity index (χ2v) is 5.32. The van der Waals surface area contributed by atoms with E-state index < -0.39 is 0 Å². The zero-order chi connectivity index (χ0) is 12.8. The Morgan fingerprint density at radius 1 is 1.35 bits per heavy atom. The van der Waals surface area contributed by atoms with Crippen LogP contribution in [0.3, 0.4) is 0 Å². The number of rotatable bonds is 4. The summed E-state index contributed by atoms with van der Waals surface area (Å²) in [6.07, 6.45) is 0.870. The molecule has 0 saturated carbocycles. The normalized spacial score (nSPS) is 10.4. The first-order chi connectivity index (χ1) is 7.99. The van der Waals surface area contributed by atoms with Crippen LogP contribution in [0.4, 0.5) is 4.79 Å². The second-order valence-electron chi connectivity index (χ2n) is 4.40. The van der Waals surface area contributed by atoms with E-state index >= 15 is 0 Å². The number of halogens is 1. The number of carbonyl (C=O) groups excluding carboxylic acids is 1. The van der Waals surface area contributed by atoms with Crippen molar-refractivity contribution in [2.45, 2.75) is 26.3 Å². The zero-order valence-corrected chi connectivity index (χ0v) is 12.1. The molecule has 0 radical (unpaired) electrons. The first kappa shape index (κ1) is 14.0. The molecule has 0 aliphatic carbocycles. The van der Waals surface area contributed by atoms with Gasteiger partial charge in [-0.2, -0.15) is 0 Å². The summed E-state index contributed by atoms with van der Waals surface area (Å²) in [6.45, 7) is 4.64. The molecule has 3 nitrogen and oxygen atoms in total. The highest BCUT2D eigenvalue weighted by atomic mass is 79.9. The largest absolute Gasteiger partial charge is 0.336 e. The molecule has 1 aromatic carbocycles. The lowest BCUT2D eigenvalue weighted by Gasteiger charge is -2.19. The lowest BCUT2D eigenvalue weighted by Crippen LogP contribution is -2.41. The van der Waals surface area contributed by atoms with E-state index in [-0.39, 0.29) is 12.1 Å². The fourth-order valence-corrected chi connectivity index (χ4v) is 1.67. The highest BCUT2D eigenvalue weighted by Gasteiger charge is 2.08. The van der Waals surface area contributed by atoms with Gasteiger partial charge in [0, 0.05) is 24.1 Å². The van der Waals surface area contributed by atoms with Gasteiger partial charge >= 0.3 is 6.03 Å². The molecule has 0 heterocycles. The van der Waals surface area contributed by atoms with Crippen molar-refractivity contribution in [2.75, 3.05) is 13.6 Å². The third kappa shape index (κ3) is 5.22. The van der Waals surface area contributed by atoms with Crippen molar-refractivity contribution in [3.63, 3.8) is 0 Å².